The summed E-state index contributed by atoms with van der Waals surface area (Å²) in [6, 6.07) is 5.59. The van der Waals surface area contributed by atoms with Gasteiger partial charge in [0.15, 0.2) is 5.69 Å². The van der Waals surface area contributed by atoms with Crippen LogP contribution in [-0.4, -0.2) is 69.6 Å². The predicted octanol–water partition coefficient (Wildman–Crippen LogP) is 2.60. The summed E-state index contributed by atoms with van der Waals surface area (Å²) in [6.07, 6.45) is 0.0811. The predicted molar refractivity (Wildman–Crippen MR) is 102 cm³/mol. The number of fused-ring (bicyclic) bond motifs is 1. The number of carbonyl (C=O) groups excluding carboxylic acids is 1. The van der Waals surface area contributed by atoms with Crippen LogP contribution in [0.1, 0.15) is 34.7 Å². The summed E-state index contributed by atoms with van der Waals surface area (Å²) >= 11 is 0. The summed E-state index contributed by atoms with van der Waals surface area (Å²) in [7, 11) is 0. The quantitative estimate of drug-likeness (QED) is 0.745. The highest BCUT2D eigenvalue weighted by atomic mass is 19.4. The van der Waals surface area contributed by atoms with Gasteiger partial charge in [0, 0.05) is 25.0 Å². The molecule has 2 aromatic heterocycles. The van der Waals surface area contributed by atoms with E-state index in [9.17, 15) is 18.0 Å². The Morgan fingerprint density at radius 1 is 1.28 bits per heavy atom. The molecule has 1 aliphatic heterocycles. The number of pyridine rings is 1. The van der Waals surface area contributed by atoms with Gasteiger partial charge in [0.25, 0.3) is 5.91 Å². The first-order valence-corrected chi connectivity index (χ1v) is 9.83. The average molecular weight is 457 g/mol. The molecule has 1 amide bonds. The van der Waals surface area contributed by atoms with Crippen molar-refractivity contribution in [3.05, 3.63) is 47.6 Å². The molecule has 3 heterocycles. The third kappa shape index (κ3) is 5.82. The van der Waals surface area contributed by atoms with Crippen molar-refractivity contribution in [2.75, 3.05) is 13.2 Å². The lowest BCUT2D eigenvalue weighted by molar-refractivity contribution is -0.192. The van der Waals surface area contributed by atoms with Crippen molar-refractivity contribution < 1.29 is 41.9 Å². The van der Waals surface area contributed by atoms with Crippen LogP contribution in [0.2, 0.25) is 0 Å². The average Bonchev–Trinajstić information content (AvgIpc) is 3.38. The number of rotatable bonds is 4. The Hall–Kier alpha value is -2.99. The Labute approximate surface area is 181 Å². The fourth-order valence-corrected chi connectivity index (χ4v) is 3.64. The van der Waals surface area contributed by atoms with E-state index in [1.165, 1.54) is 0 Å². The van der Waals surface area contributed by atoms with Gasteiger partial charge in [-0.05, 0) is 37.5 Å². The largest absolute Gasteiger partial charge is 0.490 e. The van der Waals surface area contributed by atoms with Crippen molar-refractivity contribution in [2.45, 2.75) is 50.8 Å². The van der Waals surface area contributed by atoms with E-state index in [1.807, 2.05) is 17.0 Å². The van der Waals surface area contributed by atoms with Gasteiger partial charge in [0.1, 0.15) is 11.9 Å². The maximum absolute atomic E-state index is 12.7. The zero-order valence-electron chi connectivity index (χ0n) is 17.1. The summed E-state index contributed by atoms with van der Waals surface area (Å²) in [6.45, 7) is 3.39. The van der Waals surface area contributed by atoms with Crippen molar-refractivity contribution in [3.8, 4) is 0 Å². The Kier molecular flexibility index (Phi) is 7.46. The normalized spacial score (nSPS) is 22.6. The second-order valence-corrected chi connectivity index (χ2v) is 7.31. The van der Waals surface area contributed by atoms with Crippen LogP contribution in [0.4, 0.5) is 13.2 Å². The van der Waals surface area contributed by atoms with Gasteiger partial charge in [0.05, 0.1) is 25.4 Å². The zero-order chi connectivity index (χ0) is 23.3. The molecule has 1 aliphatic carbocycles. The monoisotopic (exact) mass is 457 g/mol. The molecule has 2 aliphatic rings. The summed E-state index contributed by atoms with van der Waals surface area (Å²) in [5.41, 5.74) is 1.44. The van der Waals surface area contributed by atoms with Crippen molar-refractivity contribution in [1.82, 2.24) is 15.0 Å². The lowest BCUT2D eigenvalue weighted by Crippen LogP contribution is -2.53. The molecule has 2 fully saturated rings. The molecule has 2 aromatic rings. The van der Waals surface area contributed by atoms with Crippen molar-refractivity contribution in [1.29, 1.82) is 0 Å². The molecule has 32 heavy (non-hydrogen) atoms. The second kappa shape index (κ2) is 10.1. The highest BCUT2D eigenvalue weighted by Crippen LogP contribution is 2.33. The minimum atomic E-state index is -5.08. The van der Waals surface area contributed by atoms with Gasteiger partial charge >= 0.3 is 12.1 Å². The van der Waals surface area contributed by atoms with E-state index in [0.717, 1.165) is 18.4 Å². The van der Waals surface area contributed by atoms with E-state index < -0.39 is 12.1 Å². The van der Waals surface area contributed by atoms with Crippen LogP contribution in [0.5, 0.6) is 0 Å². The first-order valence-electron chi connectivity index (χ1n) is 9.83. The van der Waals surface area contributed by atoms with Crippen LogP contribution >= 0.6 is 0 Å². The van der Waals surface area contributed by atoms with E-state index in [1.54, 1.807) is 25.4 Å². The van der Waals surface area contributed by atoms with Gasteiger partial charge in [-0.25, -0.2) is 4.79 Å². The maximum atomic E-state index is 12.7. The number of carbonyl (C=O) groups is 2. The molecule has 9 nitrogen and oxygen atoms in total. The van der Waals surface area contributed by atoms with Crippen molar-refractivity contribution >= 4 is 11.9 Å². The number of ether oxygens (including phenoxy) is 2. The van der Waals surface area contributed by atoms with Crippen LogP contribution in [0.15, 0.2) is 35.1 Å². The Morgan fingerprint density at radius 2 is 1.97 bits per heavy atom. The van der Waals surface area contributed by atoms with Crippen LogP contribution < -0.4 is 0 Å². The van der Waals surface area contributed by atoms with Gasteiger partial charge in [-0.3, -0.25) is 9.78 Å². The molecular formula is C20H22F3N3O6. The van der Waals surface area contributed by atoms with E-state index >= 15 is 0 Å². The van der Waals surface area contributed by atoms with E-state index in [-0.39, 0.29) is 24.2 Å². The summed E-state index contributed by atoms with van der Waals surface area (Å²) in [4.78, 5) is 27.5. The number of aromatic nitrogens is 2. The molecule has 4 rings (SSSR count). The first-order chi connectivity index (χ1) is 15.2. The number of carboxylic acids is 1. The maximum Gasteiger partial charge on any atom is 0.490 e. The molecule has 3 atom stereocenters. The summed E-state index contributed by atoms with van der Waals surface area (Å²) in [5.74, 6) is -2.21. The van der Waals surface area contributed by atoms with Crippen LogP contribution in [0.3, 0.4) is 0 Å². The lowest BCUT2D eigenvalue weighted by Gasteiger charge is -2.38. The molecule has 1 saturated heterocycles. The second-order valence-electron chi connectivity index (χ2n) is 7.31. The third-order valence-corrected chi connectivity index (χ3v) is 5.10. The molecule has 0 aromatic carbocycles. The van der Waals surface area contributed by atoms with Gasteiger partial charge in [-0.15, -0.1) is 0 Å². The number of carboxylic acid groups (broad SMARTS) is 1. The zero-order valence-corrected chi connectivity index (χ0v) is 17.1. The fourth-order valence-electron chi connectivity index (χ4n) is 3.64. The number of halogens is 3. The van der Waals surface area contributed by atoms with Crippen LogP contribution in [0, 0.1) is 6.92 Å². The van der Waals surface area contributed by atoms with Gasteiger partial charge in [-0.1, -0.05) is 5.16 Å². The highest BCUT2D eigenvalue weighted by molar-refractivity contribution is 5.92. The van der Waals surface area contributed by atoms with Crippen molar-refractivity contribution in [2.24, 2.45) is 0 Å². The van der Waals surface area contributed by atoms with Crippen LogP contribution in [0.25, 0.3) is 0 Å². The molecule has 0 bridgehead atoms. The molecule has 0 spiro atoms. The van der Waals surface area contributed by atoms with Gasteiger partial charge in [0.2, 0.25) is 0 Å². The molecule has 0 radical (unpaired) electrons. The SMILES string of the molecule is Cc1cc(C(=O)N2CCO[C@@H]3[C@@H](OCc4ccncc4)CC[C@@H]32)no1.O=C(O)C(F)(F)F. The third-order valence-electron chi connectivity index (χ3n) is 5.10. The number of nitrogens with zero attached hydrogens (tertiary/aromatic N) is 3. The van der Waals surface area contributed by atoms with E-state index in [0.29, 0.717) is 31.2 Å². The number of amides is 1. The molecule has 1 saturated carbocycles. The first kappa shape index (κ1) is 23.7. The molecular weight excluding hydrogens is 435 g/mol. The Balaban J connectivity index is 0.000000360. The topological polar surface area (TPSA) is 115 Å². The van der Waals surface area contributed by atoms with Crippen LogP contribution in [-0.2, 0) is 20.9 Å². The number of aryl methyl sites for hydroxylation is 1. The number of alkyl halides is 3. The Morgan fingerprint density at radius 3 is 2.56 bits per heavy atom. The number of aliphatic carboxylic acids is 1. The van der Waals surface area contributed by atoms with Crippen molar-refractivity contribution in [3.63, 3.8) is 0 Å². The minimum Gasteiger partial charge on any atom is -0.475 e. The number of hydrogen-bond donors (Lipinski definition) is 1. The van der Waals surface area contributed by atoms with Gasteiger partial charge in [-0.2, -0.15) is 13.2 Å². The standard InChI is InChI=1S/C18H21N3O4.C2HF3O2/c1-12-10-14(20-25-12)18(22)21-8-9-23-17-15(21)2-3-16(17)24-11-13-4-6-19-7-5-13;3-2(4,5)1(6)7/h4-7,10,15-17H,2-3,8-9,11H2,1H3;(H,6,7)/t15-,16-,17-;/m0./s1. The fraction of sp³-hybridized carbons (Fsp3) is 0.500. The highest BCUT2D eigenvalue weighted by Gasteiger charge is 2.45. The molecule has 174 valence electrons. The molecule has 0 unspecified atom stereocenters. The lowest BCUT2D eigenvalue weighted by atomic mass is 10.1. The summed E-state index contributed by atoms with van der Waals surface area (Å²) in [5, 5.41) is 11.0. The van der Waals surface area contributed by atoms with E-state index in [2.05, 4.69) is 10.1 Å². The number of hydrogen-bond acceptors (Lipinski definition) is 7. The van der Waals surface area contributed by atoms with E-state index in [4.69, 9.17) is 23.9 Å². The molecule has 1 N–H and O–H groups in total. The Bertz CT molecular complexity index is 921. The smallest absolute Gasteiger partial charge is 0.475 e. The molecule has 12 heteroatoms. The number of morpholine rings is 1. The van der Waals surface area contributed by atoms with Gasteiger partial charge < -0.3 is 24.0 Å². The minimum absolute atomic E-state index is 0.00666. The summed E-state index contributed by atoms with van der Waals surface area (Å²) < 4.78 is 48.8.